The van der Waals surface area contributed by atoms with Crippen LogP contribution >= 0.6 is 0 Å². The van der Waals surface area contributed by atoms with Gasteiger partial charge in [-0.1, -0.05) is 0 Å². The molecule has 1 aliphatic heterocycles. The molecule has 1 fully saturated rings. The second-order valence-corrected chi connectivity index (χ2v) is 7.56. The van der Waals surface area contributed by atoms with Gasteiger partial charge in [-0.05, 0) is 30.7 Å². The van der Waals surface area contributed by atoms with Gasteiger partial charge in [0.2, 0.25) is 15.9 Å². The number of fused-ring (bicyclic) bond motifs is 1. The SMILES string of the molecule is O=c1[nH]c2cc(S(=O)(=O)N3CCC(Oc4cccnn4)C3)ccc2o1. The number of benzene rings is 1. The van der Waals surface area contributed by atoms with Crippen LogP contribution in [0.2, 0.25) is 0 Å². The Morgan fingerprint density at radius 3 is 3.00 bits per heavy atom. The van der Waals surface area contributed by atoms with Crippen molar-refractivity contribution >= 4 is 21.1 Å². The molecule has 0 bridgehead atoms. The van der Waals surface area contributed by atoms with Gasteiger partial charge < -0.3 is 9.15 Å². The van der Waals surface area contributed by atoms with Gasteiger partial charge in [0.25, 0.3) is 0 Å². The highest BCUT2D eigenvalue weighted by Gasteiger charge is 2.34. The maximum atomic E-state index is 12.8. The average Bonchev–Trinajstić information content (AvgIpc) is 3.21. The lowest BCUT2D eigenvalue weighted by molar-refractivity contribution is 0.204. The van der Waals surface area contributed by atoms with Crippen LogP contribution in [0.1, 0.15) is 6.42 Å². The van der Waals surface area contributed by atoms with Crippen molar-refractivity contribution in [3.63, 3.8) is 0 Å². The molecule has 1 atom stereocenters. The first-order valence-corrected chi connectivity index (χ1v) is 9.04. The number of H-pyrrole nitrogens is 1. The van der Waals surface area contributed by atoms with Gasteiger partial charge in [0.15, 0.2) is 5.58 Å². The fraction of sp³-hybridized carbons (Fsp3) is 0.267. The van der Waals surface area contributed by atoms with Gasteiger partial charge in [0.05, 0.1) is 17.0 Å². The fourth-order valence-electron chi connectivity index (χ4n) is 2.77. The first-order chi connectivity index (χ1) is 12.0. The lowest BCUT2D eigenvalue weighted by atomic mass is 10.3. The Morgan fingerprint density at radius 2 is 2.20 bits per heavy atom. The van der Waals surface area contributed by atoms with Gasteiger partial charge in [-0.3, -0.25) is 4.98 Å². The number of aromatic nitrogens is 3. The van der Waals surface area contributed by atoms with Gasteiger partial charge in [0, 0.05) is 18.8 Å². The van der Waals surface area contributed by atoms with Crippen molar-refractivity contribution in [3.8, 4) is 5.88 Å². The monoisotopic (exact) mass is 362 g/mol. The zero-order valence-electron chi connectivity index (χ0n) is 13.0. The molecule has 4 rings (SSSR count). The molecule has 3 aromatic rings. The third-order valence-electron chi connectivity index (χ3n) is 3.97. The molecule has 1 aliphatic rings. The van der Waals surface area contributed by atoms with Crippen LogP contribution in [0.3, 0.4) is 0 Å². The highest BCUT2D eigenvalue weighted by Crippen LogP contribution is 2.25. The number of nitrogens with zero attached hydrogens (tertiary/aromatic N) is 3. The predicted molar refractivity (Wildman–Crippen MR) is 86.7 cm³/mol. The van der Waals surface area contributed by atoms with Crippen LogP contribution in [0.4, 0.5) is 0 Å². The minimum absolute atomic E-state index is 0.0946. The third kappa shape index (κ3) is 3.01. The standard InChI is InChI=1S/C15H14N4O5S/c20-15-17-12-8-11(3-4-13(12)24-15)25(21,22)19-7-5-10(9-19)23-14-2-1-6-16-18-14/h1-4,6,8,10H,5,7,9H2,(H,17,20). The van der Waals surface area contributed by atoms with E-state index in [0.717, 1.165) is 0 Å². The Hall–Kier alpha value is -2.72. The second-order valence-electron chi connectivity index (χ2n) is 5.63. The van der Waals surface area contributed by atoms with Crippen LogP contribution in [-0.2, 0) is 10.0 Å². The van der Waals surface area contributed by atoms with Crippen molar-refractivity contribution in [2.45, 2.75) is 17.4 Å². The summed E-state index contributed by atoms with van der Waals surface area (Å²) >= 11 is 0. The number of sulfonamides is 1. The van der Waals surface area contributed by atoms with E-state index < -0.39 is 15.8 Å². The first kappa shape index (κ1) is 15.8. The van der Waals surface area contributed by atoms with Gasteiger partial charge >= 0.3 is 5.76 Å². The number of hydrogen-bond acceptors (Lipinski definition) is 7. The van der Waals surface area contributed by atoms with E-state index in [-0.39, 0.29) is 17.5 Å². The molecule has 0 amide bonds. The van der Waals surface area contributed by atoms with E-state index in [1.165, 1.54) is 28.7 Å². The smallest absolute Gasteiger partial charge is 0.417 e. The lowest BCUT2D eigenvalue weighted by Gasteiger charge is -2.16. The number of aromatic amines is 1. The van der Waals surface area contributed by atoms with Crippen molar-refractivity contribution in [1.29, 1.82) is 0 Å². The Bertz CT molecular complexity index is 1060. The van der Waals surface area contributed by atoms with E-state index in [0.29, 0.717) is 29.9 Å². The molecule has 3 heterocycles. The zero-order valence-corrected chi connectivity index (χ0v) is 13.8. The normalized spacial score (nSPS) is 18.6. The van der Waals surface area contributed by atoms with Crippen LogP contribution < -0.4 is 10.5 Å². The zero-order chi connectivity index (χ0) is 17.4. The molecule has 1 unspecified atom stereocenters. The third-order valence-corrected chi connectivity index (χ3v) is 5.83. The highest BCUT2D eigenvalue weighted by atomic mass is 32.2. The van der Waals surface area contributed by atoms with Gasteiger partial charge in [0.1, 0.15) is 6.10 Å². The Balaban J connectivity index is 1.54. The minimum Gasteiger partial charge on any atom is -0.472 e. The maximum Gasteiger partial charge on any atom is 0.417 e. The molecule has 10 heteroatoms. The molecule has 0 saturated carbocycles. The van der Waals surface area contributed by atoms with E-state index in [2.05, 4.69) is 15.2 Å². The van der Waals surface area contributed by atoms with E-state index in [1.807, 2.05) is 0 Å². The first-order valence-electron chi connectivity index (χ1n) is 7.60. The summed E-state index contributed by atoms with van der Waals surface area (Å²) in [5, 5.41) is 7.57. The van der Waals surface area contributed by atoms with Gasteiger partial charge in [-0.2, -0.15) is 9.40 Å². The van der Waals surface area contributed by atoms with Crippen LogP contribution in [0.15, 0.2) is 50.6 Å². The van der Waals surface area contributed by atoms with E-state index in [1.54, 1.807) is 12.1 Å². The number of ether oxygens (including phenoxy) is 1. The molecule has 0 spiro atoms. The van der Waals surface area contributed by atoms with Crippen LogP contribution in [0.5, 0.6) is 5.88 Å². The molecule has 0 aliphatic carbocycles. The summed E-state index contributed by atoms with van der Waals surface area (Å²) in [5.74, 6) is -0.257. The molecule has 9 nitrogen and oxygen atoms in total. The number of oxazole rings is 1. The highest BCUT2D eigenvalue weighted by molar-refractivity contribution is 7.89. The molecular formula is C15H14N4O5S. The molecule has 1 saturated heterocycles. The van der Waals surface area contributed by atoms with Crippen molar-refractivity contribution < 1.29 is 17.6 Å². The summed E-state index contributed by atoms with van der Waals surface area (Å²) in [7, 11) is -3.69. The summed E-state index contributed by atoms with van der Waals surface area (Å²) in [6.45, 7) is 0.562. The maximum absolute atomic E-state index is 12.8. The summed E-state index contributed by atoms with van der Waals surface area (Å²) in [4.78, 5) is 13.8. The van der Waals surface area contributed by atoms with Crippen molar-refractivity contribution in [1.82, 2.24) is 19.5 Å². The second kappa shape index (κ2) is 5.97. The molecule has 2 aromatic heterocycles. The number of rotatable bonds is 4. The summed E-state index contributed by atoms with van der Waals surface area (Å²) in [5.41, 5.74) is 0.659. The largest absolute Gasteiger partial charge is 0.472 e. The van der Waals surface area contributed by atoms with Gasteiger partial charge in [-0.15, -0.1) is 5.10 Å². The van der Waals surface area contributed by atoms with E-state index in [4.69, 9.17) is 9.15 Å². The predicted octanol–water partition coefficient (Wildman–Crippen LogP) is 0.753. The lowest BCUT2D eigenvalue weighted by Crippen LogP contribution is -2.31. The minimum atomic E-state index is -3.69. The van der Waals surface area contributed by atoms with E-state index >= 15 is 0 Å². The molecular weight excluding hydrogens is 348 g/mol. The van der Waals surface area contributed by atoms with Crippen molar-refractivity contribution in [2.24, 2.45) is 0 Å². The van der Waals surface area contributed by atoms with Crippen molar-refractivity contribution in [2.75, 3.05) is 13.1 Å². The van der Waals surface area contributed by atoms with E-state index in [9.17, 15) is 13.2 Å². The van der Waals surface area contributed by atoms with Crippen LogP contribution in [0.25, 0.3) is 11.1 Å². The summed E-state index contributed by atoms with van der Waals surface area (Å²) in [6.07, 6.45) is 1.80. The molecule has 130 valence electrons. The Kier molecular flexibility index (Phi) is 3.77. The average molecular weight is 362 g/mol. The number of hydrogen-bond donors (Lipinski definition) is 1. The molecule has 1 aromatic carbocycles. The quantitative estimate of drug-likeness (QED) is 0.727. The number of nitrogens with one attached hydrogen (secondary N) is 1. The van der Waals surface area contributed by atoms with Crippen LogP contribution in [-0.4, -0.2) is 47.1 Å². The molecule has 1 N–H and O–H groups in total. The Morgan fingerprint density at radius 1 is 1.32 bits per heavy atom. The van der Waals surface area contributed by atoms with Crippen molar-refractivity contribution in [3.05, 3.63) is 47.1 Å². The Labute approximate surface area is 142 Å². The van der Waals surface area contributed by atoms with Gasteiger partial charge in [-0.25, -0.2) is 13.2 Å². The summed E-state index contributed by atoms with van der Waals surface area (Å²) < 4.78 is 37.5. The fourth-order valence-corrected chi connectivity index (χ4v) is 4.29. The molecule has 25 heavy (non-hydrogen) atoms. The van der Waals surface area contributed by atoms with Crippen LogP contribution in [0, 0.1) is 0 Å². The summed E-state index contributed by atoms with van der Waals surface area (Å²) in [6, 6.07) is 7.65. The topological polar surface area (TPSA) is 118 Å². The molecule has 0 radical (unpaired) electrons.